The maximum atomic E-state index is 12.8. The molecular weight excluding hydrogens is 668 g/mol. The summed E-state index contributed by atoms with van der Waals surface area (Å²) in [5, 5.41) is 76.1. The fourth-order valence-electron chi connectivity index (χ4n) is 6.66. The van der Waals surface area contributed by atoms with Gasteiger partial charge in [-0.1, -0.05) is 12.2 Å². The van der Waals surface area contributed by atoms with Crippen LogP contribution in [0.2, 0.25) is 0 Å². The van der Waals surface area contributed by atoms with Crippen LogP contribution in [-0.2, 0) is 33.2 Å². The zero-order chi connectivity index (χ0) is 36.7. The first kappa shape index (κ1) is 41.4. The lowest BCUT2D eigenvalue weighted by molar-refractivity contribution is -0.286. The minimum atomic E-state index is -1.64. The fourth-order valence-corrected chi connectivity index (χ4v) is 6.66. The molecule has 3 heterocycles. The molecule has 4 rings (SSSR count). The number of carbonyl (C=O) groups is 1. The summed E-state index contributed by atoms with van der Waals surface area (Å²) in [4.78, 5) is 12.8. The molecule has 0 aromatic rings. The van der Waals surface area contributed by atoms with Gasteiger partial charge in [-0.05, 0) is 25.3 Å². The largest absolute Gasteiger partial charge is 0.395 e. The van der Waals surface area contributed by atoms with Crippen LogP contribution in [0.3, 0.4) is 0 Å². The van der Waals surface area contributed by atoms with E-state index in [1.807, 2.05) is 0 Å². The summed E-state index contributed by atoms with van der Waals surface area (Å²) in [6.07, 6.45) is -14.7. The predicted octanol–water partition coefficient (Wildman–Crippen LogP) is -7.48. The van der Waals surface area contributed by atoms with Gasteiger partial charge in [0.1, 0.15) is 54.9 Å². The van der Waals surface area contributed by atoms with E-state index in [2.05, 4.69) is 5.32 Å². The molecule has 4 aliphatic rings. The molecule has 1 aliphatic carbocycles. The van der Waals surface area contributed by atoms with Gasteiger partial charge in [0, 0.05) is 32.1 Å². The molecule has 50 heavy (non-hydrogen) atoms. The lowest BCUT2D eigenvalue weighted by atomic mass is 9.76. The highest BCUT2D eigenvalue weighted by atomic mass is 16.8. The minimum Gasteiger partial charge on any atom is -0.395 e. The van der Waals surface area contributed by atoms with Gasteiger partial charge in [-0.2, -0.15) is 0 Å². The van der Waals surface area contributed by atoms with Crippen molar-refractivity contribution in [2.24, 2.45) is 34.6 Å². The molecular formula is C30H56N6O14. The first-order chi connectivity index (χ1) is 23.8. The fraction of sp³-hybridized carbons (Fsp3) is 0.900. The highest BCUT2D eigenvalue weighted by Gasteiger charge is 2.54. The van der Waals surface area contributed by atoms with Crippen LogP contribution >= 0.6 is 0 Å². The topological polar surface area (TPSA) is 356 Å². The highest BCUT2D eigenvalue weighted by Crippen LogP contribution is 2.37. The number of aliphatic hydroxyl groups is 7. The van der Waals surface area contributed by atoms with Crippen LogP contribution < -0.4 is 34.0 Å². The third-order valence-corrected chi connectivity index (χ3v) is 9.55. The summed E-state index contributed by atoms with van der Waals surface area (Å²) in [7, 11) is 0. The van der Waals surface area contributed by atoms with Gasteiger partial charge >= 0.3 is 0 Å². The molecule has 0 bridgehead atoms. The van der Waals surface area contributed by atoms with Crippen LogP contribution in [0.15, 0.2) is 12.2 Å². The van der Waals surface area contributed by atoms with Crippen molar-refractivity contribution >= 4 is 5.78 Å². The number of aliphatic hydroxyl groups excluding tert-OH is 7. The molecule has 1 saturated carbocycles. The molecule has 0 spiro atoms. The van der Waals surface area contributed by atoms with Gasteiger partial charge in [0.15, 0.2) is 24.7 Å². The Hall–Kier alpha value is -1.35. The monoisotopic (exact) mass is 724 g/mol. The number of nitrogens with one attached hydrogen (secondary N) is 1. The number of ether oxygens (including phenoxy) is 6. The third kappa shape index (κ3) is 9.79. The maximum absolute atomic E-state index is 12.8. The quantitative estimate of drug-likeness (QED) is 0.0489. The van der Waals surface area contributed by atoms with E-state index in [1.54, 1.807) is 12.2 Å². The molecule has 18 N–H and O–H groups in total. The Morgan fingerprint density at radius 3 is 2.18 bits per heavy atom. The molecule has 3 aliphatic heterocycles. The van der Waals surface area contributed by atoms with Gasteiger partial charge in [0.2, 0.25) is 0 Å². The molecule has 20 nitrogen and oxygen atoms in total. The van der Waals surface area contributed by atoms with Crippen LogP contribution in [-0.4, -0.2) is 185 Å². The van der Waals surface area contributed by atoms with Gasteiger partial charge in [-0.25, -0.2) is 0 Å². The second-order valence-electron chi connectivity index (χ2n) is 13.2. The van der Waals surface area contributed by atoms with Crippen molar-refractivity contribution in [2.75, 3.05) is 39.4 Å². The van der Waals surface area contributed by atoms with Gasteiger partial charge in [0.05, 0.1) is 37.5 Å². The van der Waals surface area contributed by atoms with E-state index in [9.17, 15) is 35.4 Å². The first-order valence-corrected chi connectivity index (χ1v) is 17.0. The molecule has 18 atom stereocenters. The average molecular weight is 725 g/mol. The van der Waals surface area contributed by atoms with Gasteiger partial charge in [-0.15, -0.1) is 0 Å². The lowest BCUT2D eigenvalue weighted by Crippen LogP contribution is -2.64. The van der Waals surface area contributed by atoms with E-state index >= 15 is 0 Å². The van der Waals surface area contributed by atoms with Crippen LogP contribution in [0, 0.1) is 5.92 Å². The van der Waals surface area contributed by atoms with E-state index in [0.717, 1.165) is 0 Å². The number of rotatable bonds is 17. The summed E-state index contributed by atoms with van der Waals surface area (Å²) in [6, 6.07) is -2.90. The predicted molar refractivity (Wildman–Crippen MR) is 171 cm³/mol. The summed E-state index contributed by atoms with van der Waals surface area (Å²) in [6.45, 7) is -0.180. The smallest absolute Gasteiger partial charge is 0.187 e. The normalized spacial score (nSPS) is 44.4. The number of hydrogen-bond donors (Lipinski definition) is 13. The SMILES string of the molecule is NCC[C@@H](O)C(=O)C[C@@H]1C[C@H](N)[C@@H](O[C@H]2O[C@H](CNCCO)C=C[C@H]2N)[C@H](O[C@@H]2O[C@H](CO)[C@@H](O[C@H]3O[C@@H](CN)[C@@H](O)[C@H](O)[C@H]3N)[C@H]2O)[C@H]1O. The standard InChI is InChI=1S/C30H56N6O14/c31-4-3-16(39)17(40)8-12-7-15(34)25(48-28-14(33)2-1-13(45-28)10-36-5-6-37)27(21(12)41)50-30-24(44)26(19(11-38)47-30)49-29-20(35)23(43)22(42)18(9-32)46-29/h1-2,12-16,18-30,36-39,41-44H,3-11,31-35H2/t12-,13-,14+,15-,16+,18-,19+,20+,21-,22+,23+,24+,25+,26+,27+,28+,29+,30-/m0/s1. The lowest BCUT2D eigenvalue weighted by Gasteiger charge is -2.46. The first-order valence-electron chi connectivity index (χ1n) is 17.0. The van der Waals surface area contributed by atoms with Crippen molar-refractivity contribution in [3.63, 3.8) is 0 Å². The molecule has 0 aromatic heterocycles. The second kappa shape index (κ2) is 19.1. The van der Waals surface area contributed by atoms with E-state index in [4.69, 9.17) is 62.2 Å². The molecule has 20 heteroatoms. The van der Waals surface area contributed by atoms with E-state index in [-0.39, 0.29) is 39.0 Å². The van der Waals surface area contributed by atoms with Gasteiger partial charge < -0.3 is 98.2 Å². The van der Waals surface area contributed by atoms with Crippen molar-refractivity contribution in [3.05, 3.63) is 12.2 Å². The van der Waals surface area contributed by atoms with Gasteiger partial charge in [-0.3, -0.25) is 4.79 Å². The third-order valence-electron chi connectivity index (χ3n) is 9.55. The summed E-state index contributed by atoms with van der Waals surface area (Å²) < 4.78 is 35.8. The molecule has 0 unspecified atom stereocenters. The van der Waals surface area contributed by atoms with Crippen LogP contribution in [0.25, 0.3) is 0 Å². The van der Waals surface area contributed by atoms with E-state index in [0.29, 0.717) is 13.1 Å². The number of Topliss-reactive ketones (excluding diaryl/α,β-unsaturated/α-hetero) is 1. The van der Waals surface area contributed by atoms with Crippen molar-refractivity contribution in [1.29, 1.82) is 0 Å². The molecule has 2 saturated heterocycles. The number of hydrogen-bond acceptors (Lipinski definition) is 20. The second-order valence-corrected chi connectivity index (χ2v) is 13.2. The summed E-state index contributed by atoms with van der Waals surface area (Å²) in [5.41, 5.74) is 30.1. The Morgan fingerprint density at radius 2 is 1.52 bits per heavy atom. The molecule has 0 amide bonds. The Bertz CT molecular complexity index is 1080. The summed E-state index contributed by atoms with van der Waals surface area (Å²) in [5.74, 6) is -1.37. The minimum absolute atomic E-state index is 0.0283. The van der Waals surface area contributed by atoms with E-state index in [1.165, 1.54) is 0 Å². The van der Waals surface area contributed by atoms with Crippen molar-refractivity contribution in [2.45, 2.75) is 123 Å². The van der Waals surface area contributed by atoms with Gasteiger partial charge in [0.25, 0.3) is 0 Å². The Labute approximate surface area is 289 Å². The van der Waals surface area contributed by atoms with Crippen molar-refractivity contribution < 1.29 is 69.0 Å². The summed E-state index contributed by atoms with van der Waals surface area (Å²) >= 11 is 0. The maximum Gasteiger partial charge on any atom is 0.187 e. The average Bonchev–Trinajstić information content (AvgIpc) is 3.39. The number of ketones is 1. The molecule has 0 aromatic carbocycles. The van der Waals surface area contributed by atoms with Crippen LogP contribution in [0.5, 0.6) is 0 Å². The number of carbonyl (C=O) groups excluding carboxylic acids is 1. The van der Waals surface area contributed by atoms with Crippen molar-refractivity contribution in [1.82, 2.24) is 5.32 Å². The number of nitrogens with two attached hydrogens (primary N) is 5. The van der Waals surface area contributed by atoms with E-state index < -0.39 is 122 Å². The Kier molecular flexibility index (Phi) is 15.8. The molecule has 0 radical (unpaired) electrons. The zero-order valence-corrected chi connectivity index (χ0v) is 27.8. The van der Waals surface area contributed by atoms with Crippen LogP contribution in [0.4, 0.5) is 0 Å². The Balaban J connectivity index is 1.54. The molecule has 290 valence electrons. The molecule has 3 fully saturated rings. The Morgan fingerprint density at radius 1 is 0.840 bits per heavy atom. The zero-order valence-electron chi connectivity index (χ0n) is 27.8. The van der Waals surface area contributed by atoms with Crippen LogP contribution in [0.1, 0.15) is 19.3 Å². The van der Waals surface area contributed by atoms with Crippen molar-refractivity contribution in [3.8, 4) is 0 Å². The highest BCUT2D eigenvalue weighted by molar-refractivity contribution is 5.83.